The monoisotopic (exact) mass is 290 g/mol. The maximum Gasteiger partial charge on any atom is 0.254 e. The van der Waals surface area contributed by atoms with E-state index < -0.39 is 6.04 Å². The molecule has 1 aliphatic rings. The highest BCUT2D eigenvalue weighted by molar-refractivity contribution is 5.98. The van der Waals surface area contributed by atoms with Gasteiger partial charge in [-0.15, -0.1) is 0 Å². The van der Waals surface area contributed by atoms with Crippen LogP contribution in [-0.2, 0) is 4.79 Å². The van der Waals surface area contributed by atoms with Gasteiger partial charge in [0, 0.05) is 18.7 Å². The summed E-state index contributed by atoms with van der Waals surface area (Å²) in [5.41, 5.74) is 0.583. The molecule has 2 rings (SSSR count). The summed E-state index contributed by atoms with van der Waals surface area (Å²) in [6, 6.07) is 6.69. The van der Waals surface area contributed by atoms with E-state index in [0.29, 0.717) is 25.3 Å². The Morgan fingerprint density at radius 2 is 2.10 bits per heavy atom. The van der Waals surface area contributed by atoms with E-state index in [2.05, 4.69) is 12.2 Å². The van der Waals surface area contributed by atoms with Crippen molar-refractivity contribution in [2.24, 2.45) is 0 Å². The Kier molecular flexibility index (Phi) is 5.20. The van der Waals surface area contributed by atoms with Gasteiger partial charge < -0.3 is 15.0 Å². The Labute approximate surface area is 125 Å². The summed E-state index contributed by atoms with van der Waals surface area (Å²) in [6.45, 7) is 5.59. The van der Waals surface area contributed by atoms with Crippen LogP contribution in [0, 0.1) is 0 Å². The Morgan fingerprint density at radius 1 is 1.38 bits per heavy atom. The van der Waals surface area contributed by atoms with E-state index in [9.17, 15) is 9.59 Å². The van der Waals surface area contributed by atoms with E-state index >= 15 is 0 Å². The zero-order chi connectivity index (χ0) is 15.2. The molecule has 0 bridgehead atoms. The Hall–Kier alpha value is -2.04. The van der Waals surface area contributed by atoms with Gasteiger partial charge in [-0.05, 0) is 37.6 Å². The van der Waals surface area contributed by atoms with Crippen LogP contribution in [0.1, 0.15) is 37.0 Å². The molecule has 0 saturated carbocycles. The zero-order valence-corrected chi connectivity index (χ0v) is 12.6. The minimum absolute atomic E-state index is 0.103. The molecule has 0 aliphatic carbocycles. The lowest BCUT2D eigenvalue weighted by atomic mass is 10.1. The number of unbranched alkanes of at least 4 members (excludes halogenated alkanes) is 1. The van der Waals surface area contributed by atoms with E-state index in [1.54, 1.807) is 36.1 Å². The number of carbonyl (C=O) groups is 2. The van der Waals surface area contributed by atoms with Gasteiger partial charge in [0.15, 0.2) is 0 Å². The number of nitrogens with zero attached hydrogens (tertiary/aromatic N) is 1. The first-order valence-electron chi connectivity index (χ1n) is 7.45. The van der Waals surface area contributed by atoms with Gasteiger partial charge in [0.05, 0.1) is 6.61 Å². The van der Waals surface area contributed by atoms with Crippen LogP contribution in [0.4, 0.5) is 0 Å². The van der Waals surface area contributed by atoms with Crippen LogP contribution in [0.5, 0.6) is 5.75 Å². The summed E-state index contributed by atoms with van der Waals surface area (Å²) in [6.07, 6.45) is 2.10. The van der Waals surface area contributed by atoms with Crippen molar-refractivity contribution < 1.29 is 14.3 Å². The van der Waals surface area contributed by atoms with Crippen molar-refractivity contribution in [3.63, 3.8) is 0 Å². The summed E-state index contributed by atoms with van der Waals surface area (Å²) < 4.78 is 5.58. The molecule has 1 saturated heterocycles. The number of piperazine rings is 1. The fourth-order valence-corrected chi connectivity index (χ4v) is 2.25. The van der Waals surface area contributed by atoms with Crippen molar-refractivity contribution in [3.05, 3.63) is 29.8 Å². The summed E-state index contributed by atoms with van der Waals surface area (Å²) >= 11 is 0. The summed E-state index contributed by atoms with van der Waals surface area (Å²) in [4.78, 5) is 25.7. The number of amides is 2. The SMILES string of the molecule is CCCCOc1ccc(C(=O)N2CCNC(=O)C2C)cc1. The number of carbonyl (C=O) groups excluding carboxylic acids is 2. The Balaban J connectivity index is 2.00. The average molecular weight is 290 g/mol. The number of hydrogen-bond donors (Lipinski definition) is 1. The molecule has 5 heteroatoms. The average Bonchev–Trinajstić information content (AvgIpc) is 2.50. The second kappa shape index (κ2) is 7.11. The molecular formula is C16H22N2O3. The van der Waals surface area contributed by atoms with E-state index in [-0.39, 0.29) is 11.8 Å². The van der Waals surface area contributed by atoms with Gasteiger partial charge >= 0.3 is 0 Å². The number of nitrogens with one attached hydrogen (secondary N) is 1. The van der Waals surface area contributed by atoms with Crippen molar-refractivity contribution in [1.82, 2.24) is 10.2 Å². The second-order valence-corrected chi connectivity index (χ2v) is 5.19. The molecule has 1 aromatic rings. The third kappa shape index (κ3) is 3.74. The number of benzene rings is 1. The van der Waals surface area contributed by atoms with Gasteiger partial charge in [0.1, 0.15) is 11.8 Å². The molecule has 1 unspecified atom stereocenters. The highest BCUT2D eigenvalue weighted by Gasteiger charge is 2.29. The highest BCUT2D eigenvalue weighted by atomic mass is 16.5. The van der Waals surface area contributed by atoms with Crippen LogP contribution in [0.2, 0.25) is 0 Å². The standard InChI is InChI=1S/C16H22N2O3/c1-3-4-11-21-14-7-5-13(6-8-14)16(20)18-10-9-17-15(19)12(18)2/h5-8,12H,3-4,9-11H2,1-2H3,(H,17,19). The maximum absolute atomic E-state index is 12.4. The molecule has 2 amide bonds. The van der Waals surface area contributed by atoms with Gasteiger partial charge in [0.25, 0.3) is 5.91 Å². The third-order valence-electron chi connectivity index (χ3n) is 3.63. The number of rotatable bonds is 5. The molecule has 1 aromatic carbocycles. The minimum atomic E-state index is -0.424. The molecule has 0 radical (unpaired) electrons. The third-order valence-corrected chi connectivity index (χ3v) is 3.63. The molecule has 1 aliphatic heterocycles. The van der Waals surface area contributed by atoms with Crippen molar-refractivity contribution >= 4 is 11.8 Å². The van der Waals surface area contributed by atoms with Gasteiger partial charge in [-0.25, -0.2) is 0 Å². The summed E-state index contributed by atoms with van der Waals surface area (Å²) in [5, 5.41) is 2.75. The summed E-state index contributed by atoms with van der Waals surface area (Å²) in [5.74, 6) is 0.552. The van der Waals surface area contributed by atoms with Crippen LogP contribution in [0.15, 0.2) is 24.3 Å². The first-order chi connectivity index (χ1) is 10.1. The van der Waals surface area contributed by atoms with Crippen molar-refractivity contribution in [2.45, 2.75) is 32.7 Å². The van der Waals surface area contributed by atoms with Crippen LogP contribution in [-0.4, -0.2) is 42.5 Å². The van der Waals surface area contributed by atoms with E-state index in [1.165, 1.54) is 0 Å². The van der Waals surface area contributed by atoms with Crippen molar-refractivity contribution in [1.29, 1.82) is 0 Å². The lowest BCUT2D eigenvalue weighted by molar-refractivity contribution is -0.127. The van der Waals surface area contributed by atoms with Crippen molar-refractivity contribution in [3.8, 4) is 5.75 Å². The smallest absolute Gasteiger partial charge is 0.254 e. The van der Waals surface area contributed by atoms with Crippen LogP contribution >= 0.6 is 0 Å². The predicted molar refractivity (Wildman–Crippen MR) is 80.4 cm³/mol. The molecule has 0 spiro atoms. The largest absolute Gasteiger partial charge is 0.494 e. The molecule has 1 N–H and O–H groups in total. The lowest BCUT2D eigenvalue weighted by Crippen LogP contribution is -2.55. The number of hydrogen-bond acceptors (Lipinski definition) is 3. The normalized spacial score (nSPS) is 18.3. The molecular weight excluding hydrogens is 268 g/mol. The lowest BCUT2D eigenvalue weighted by Gasteiger charge is -2.32. The molecule has 5 nitrogen and oxygen atoms in total. The molecule has 1 fully saturated rings. The van der Waals surface area contributed by atoms with Crippen LogP contribution < -0.4 is 10.1 Å². The van der Waals surface area contributed by atoms with Gasteiger partial charge in [-0.1, -0.05) is 13.3 Å². The first-order valence-corrected chi connectivity index (χ1v) is 7.45. The molecule has 114 valence electrons. The molecule has 0 aromatic heterocycles. The van der Waals surface area contributed by atoms with E-state index in [0.717, 1.165) is 18.6 Å². The number of ether oxygens (including phenoxy) is 1. The fraction of sp³-hybridized carbons (Fsp3) is 0.500. The zero-order valence-electron chi connectivity index (χ0n) is 12.6. The first kappa shape index (κ1) is 15.4. The fourth-order valence-electron chi connectivity index (χ4n) is 2.25. The van der Waals surface area contributed by atoms with E-state index in [4.69, 9.17) is 4.74 Å². The van der Waals surface area contributed by atoms with Gasteiger partial charge in [0.2, 0.25) is 5.91 Å². The Morgan fingerprint density at radius 3 is 2.76 bits per heavy atom. The van der Waals surface area contributed by atoms with Crippen LogP contribution in [0.3, 0.4) is 0 Å². The highest BCUT2D eigenvalue weighted by Crippen LogP contribution is 2.16. The predicted octanol–water partition coefficient (Wildman–Crippen LogP) is 1.83. The minimum Gasteiger partial charge on any atom is -0.494 e. The quantitative estimate of drug-likeness (QED) is 0.842. The topological polar surface area (TPSA) is 58.6 Å². The van der Waals surface area contributed by atoms with Gasteiger partial charge in [-0.3, -0.25) is 9.59 Å². The molecule has 21 heavy (non-hydrogen) atoms. The molecule has 1 atom stereocenters. The summed E-state index contributed by atoms with van der Waals surface area (Å²) in [7, 11) is 0. The Bertz CT molecular complexity index is 499. The maximum atomic E-state index is 12.4. The van der Waals surface area contributed by atoms with Gasteiger partial charge in [-0.2, -0.15) is 0 Å². The van der Waals surface area contributed by atoms with Crippen molar-refractivity contribution in [2.75, 3.05) is 19.7 Å². The van der Waals surface area contributed by atoms with E-state index in [1.807, 2.05) is 0 Å². The molecule has 1 heterocycles. The van der Waals surface area contributed by atoms with Crippen LogP contribution in [0.25, 0.3) is 0 Å². The second-order valence-electron chi connectivity index (χ2n) is 5.19.